The minimum Gasteiger partial charge on any atom is -0.207 e. The van der Waals surface area contributed by atoms with E-state index in [2.05, 4.69) is 25.1 Å². The molecular formula is C27H27F3. The van der Waals surface area contributed by atoms with Crippen LogP contribution in [0.2, 0.25) is 0 Å². The number of halogens is 3. The fourth-order valence-electron chi connectivity index (χ4n) is 4.48. The van der Waals surface area contributed by atoms with E-state index in [0.717, 1.165) is 42.0 Å². The molecule has 0 aromatic heterocycles. The van der Waals surface area contributed by atoms with E-state index in [4.69, 9.17) is 0 Å². The van der Waals surface area contributed by atoms with E-state index in [1.165, 1.54) is 61.4 Å². The molecule has 1 aliphatic carbocycles. The van der Waals surface area contributed by atoms with Crippen LogP contribution in [-0.4, -0.2) is 0 Å². The van der Waals surface area contributed by atoms with Gasteiger partial charge in [-0.1, -0.05) is 50.8 Å². The van der Waals surface area contributed by atoms with E-state index >= 15 is 0 Å². The Kier molecular flexibility index (Phi) is 6.26. The van der Waals surface area contributed by atoms with E-state index in [1.54, 1.807) is 6.07 Å². The molecule has 3 heteroatoms. The molecule has 0 nitrogen and oxygen atoms in total. The molecular weight excluding hydrogens is 381 g/mol. The molecule has 0 fully saturated rings. The number of fused-ring (bicyclic) bond motifs is 3. The maximum atomic E-state index is 14.9. The highest BCUT2D eigenvalue weighted by atomic mass is 19.1. The third kappa shape index (κ3) is 4.45. The van der Waals surface area contributed by atoms with Crippen molar-refractivity contribution in [2.45, 2.75) is 58.3 Å². The molecule has 0 saturated heterocycles. The van der Waals surface area contributed by atoms with Crippen LogP contribution in [0.3, 0.4) is 0 Å². The van der Waals surface area contributed by atoms with Crippen molar-refractivity contribution in [1.82, 2.24) is 0 Å². The molecule has 0 unspecified atom stereocenters. The number of aryl methyl sites for hydroxylation is 3. The topological polar surface area (TPSA) is 0 Å². The fourth-order valence-corrected chi connectivity index (χ4v) is 4.48. The summed E-state index contributed by atoms with van der Waals surface area (Å²) in [6, 6.07) is 13.0. The highest BCUT2D eigenvalue weighted by Crippen LogP contribution is 2.38. The van der Waals surface area contributed by atoms with Gasteiger partial charge in [-0.15, -0.1) is 0 Å². The molecule has 0 atom stereocenters. The molecule has 3 aromatic carbocycles. The lowest BCUT2D eigenvalue weighted by Crippen LogP contribution is -2.06. The van der Waals surface area contributed by atoms with Crippen molar-refractivity contribution in [3.63, 3.8) is 0 Å². The van der Waals surface area contributed by atoms with Crippen molar-refractivity contribution in [3.05, 3.63) is 82.7 Å². The van der Waals surface area contributed by atoms with Crippen molar-refractivity contribution in [2.24, 2.45) is 0 Å². The molecule has 0 spiro atoms. The Morgan fingerprint density at radius 1 is 0.667 bits per heavy atom. The van der Waals surface area contributed by atoms with Crippen LogP contribution in [0.4, 0.5) is 13.2 Å². The minimum absolute atomic E-state index is 0.233. The van der Waals surface area contributed by atoms with Crippen LogP contribution in [0, 0.1) is 17.5 Å². The number of unbranched alkanes of at least 4 members (excludes halogenated alkanes) is 4. The van der Waals surface area contributed by atoms with Gasteiger partial charge >= 0.3 is 0 Å². The zero-order valence-electron chi connectivity index (χ0n) is 17.4. The van der Waals surface area contributed by atoms with Gasteiger partial charge in [0, 0.05) is 11.6 Å². The quantitative estimate of drug-likeness (QED) is 0.347. The van der Waals surface area contributed by atoms with Gasteiger partial charge in [-0.2, -0.15) is 0 Å². The van der Waals surface area contributed by atoms with Crippen molar-refractivity contribution >= 4 is 0 Å². The van der Waals surface area contributed by atoms with Crippen molar-refractivity contribution in [3.8, 4) is 22.3 Å². The standard InChI is InChI=1S/C27H27F3/c1-2-3-4-5-6-7-18-8-11-24-19(12-18)9-10-20-15-26(27(30)17-25(20)24)21-13-22(28)16-23(29)14-21/h8,11-17H,2-7,9-10H2,1H3. The molecule has 3 aromatic rings. The van der Waals surface area contributed by atoms with E-state index < -0.39 is 17.5 Å². The maximum Gasteiger partial charge on any atom is 0.131 e. The van der Waals surface area contributed by atoms with Crippen LogP contribution in [0.5, 0.6) is 0 Å². The Bertz CT molecular complexity index is 1030. The van der Waals surface area contributed by atoms with Gasteiger partial charge in [0.05, 0.1) is 0 Å². The zero-order valence-corrected chi connectivity index (χ0v) is 17.4. The summed E-state index contributed by atoms with van der Waals surface area (Å²) in [6.45, 7) is 2.23. The Morgan fingerprint density at radius 2 is 1.37 bits per heavy atom. The first-order valence-electron chi connectivity index (χ1n) is 11.0. The monoisotopic (exact) mass is 408 g/mol. The van der Waals surface area contributed by atoms with Gasteiger partial charge in [0.25, 0.3) is 0 Å². The second-order valence-corrected chi connectivity index (χ2v) is 8.30. The van der Waals surface area contributed by atoms with Gasteiger partial charge in [0.1, 0.15) is 17.5 Å². The first kappa shape index (κ1) is 20.7. The molecule has 4 rings (SSSR count). The normalized spacial score (nSPS) is 12.5. The summed E-state index contributed by atoms with van der Waals surface area (Å²) >= 11 is 0. The molecule has 0 bridgehead atoms. The third-order valence-electron chi connectivity index (χ3n) is 6.06. The largest absolute Gasteiger partial charge is 0.207 e. The van der Waals surface area contributed by atoms with E-state index in [9.17, 15) is 13.2 Å². The molecule has 0 heterocycles. The Labute approximate surface area is 176 Å². The predicted octanol–water partition coefficient (Wildman–Crippen LogP) is 8.05. The molecule has 0 saturated carbocycles. The summed E-state index contributed by atoms with van der Waals surface area (Å²) in [6.07, 6.45) is 9.11. The van der Waals surface area contributed by atoms with Crippen molar-refractivity contribution in [2.75, 3.05) is 0 Å². The van der Waals surface area contributed by atoms with Gasteiger partial charge in [-0.25, -0.2) is 13.2 Å². The number of hydrogen-bond acceptors (Lipinski definition) is 0. The summed E-state index contributed by atoms with van der Waals surface area (Å²) < 4.78 is 42.1. The van der Waals surface area contributed by atoms with Crippen molar-refractivity contribution < 1.29 is 13.2 Å². The highest BCUT2D eigenvalue weighted by Gasteiger charge is 2.20. The first-order chi connectivity index (χ1) is 14.5. The van der Waals surface area contributed by atoms with E-state index in [0.29, 0.717) is 0 Å². The molecule has 0 aliphatic heterocycles. The highest BCUT2D eigenvalue weighted by molar-refractivity contribution is 5.78. The third-order valence-corrected chi connectivity index (χ3v) is 6.06. The van der Waals surface area contributed by atoms with Crippen LogP contribution in [-0.2, 0) is 19.3 Å². The van der Waals surface area contributed by atoms with E-state index in [-0.39, 0.29) is 11.1 Å². The lowest BCUT2D eigenvalue weighted by molar-refractivity contribution is 0.583. The van der Waals surface area contributed by atoms with Gasteiger partial charge in [0.15, 0.2) is 0 Å². The summed E-state index contributed by atoms with van der Waals surface area (Å²) in [4.78, 5) is 0. The van der Waals surface area contributed by atoms with Gasteiger partial charge < -0.3 is 0 Å². The van der Waals surface area contributed by atoms with Crippen LogP contribution in [0.25, 0.3) is 22.3 Å². The SMILES string of the molecule is CCCCCCCc1ccc2c(c1)CCc1cc(-c3cc(F)cc(F)c3)c(F)cc1-2. The summed E-state index contributed by atoms with van der Waals surface area (Å²) in [7, 11) is 0. The van der Waals surface area contributed by atoms with E-state index in [1.807, 2.05) is 0 Å². The van der Waals surface area contributed by atoms with Gasteiger partial charge in [-0.3, -0.25) is 0 Å². The second kappa shape index (κ2) is 9.07. The van der Waals surface area contributed by atoms with Crippen LogP contribution >= 0.6 is 0 Å². The Morgan fingerprint density at radius 3 is 2.10 bits per heavy atom. The second-order valence-electron chi connectivity index (χ2n) is 8.30. The minimum atomic E-state index is -0.699. The van der Waals surface area contributed by atoms with Crippen LogP contribution in [0.15, 0.2) is 48.5 Å². The smallest absolute Gasteiger partial charge is 0.131 e. The number of benzene rings is 3. The first-order valence-corrected chi connectivity index (χ1v) is 11.0. The van der Waals surface area contributed by atoms with Gasteiger partial charge in [0.2, 0.25) is 0 Å². The molecule has 0 amide bonds. The van der Waals surface area contributed by atoms with Crippen molar-refractivity contribution in [1.29, 1.82) is 0 Å². The fraction of sp³-hybridized carbons (Fsp3) is 0.333. The zero-order chi connectivity index (χ0) is 21.1. The summed E-state index contributed by atoms with van der Waals surface area (Å²) in [5.41, 5.74) is 6.08. The average molecular weight is 409 g/mol. The Balaban J connectivity index is 1.59. The molecule has 0 N–H and O–H groups in total. The lowest BCUT2D eigenvalue weighted by atomic mass is 9.83. The molecule has 30 heavy (non-hydrogen) atoms. The number of rotatable bonds is 7. The molecule has 156 valence electrons. The van der Waals surface area contributed by atoms with Crippen LogP contribution < -0.4 is 0 Å². The molecule has 0 radical (unpaired) electrons. The van der Waals surface area contributed by atoms with Gasteiger partial charge in [-0.05, 0) is 83.3 Å². The lowest BCUT2D eigenvalue weighted by Gasteiger charge is -2.22. The number of hydrogen-bond donors (Lipinski definition) is 0. The average Bonchev–Trinajstić information content (AvgIpc) is 2.72. The van der Waals surface area contributed by atoms with Crippen LogP contribution in [0.1, 0.15) is 55.7 Å². The Hall–Kier alpha value is -2.55. The summed E-state index contributed by atoms with van der Waals surface area (Å²) in [5, 5.41) is 0. The molecule has 1 aliphatic rings. The predicted molar refractivity (Wildman–Crippen MR) is 117 cm³/mol. The summed E-state index contributed by atoms with van der Waals surface area (Å²) in [5.74, 6) is -1.85. The maximum absolute atomic E-state index is 14.9.